The van der Waals surface area contributed by atoms with E-state index < -0.39 is 0 Å². The Balaban J connectivity index is 2.85. The predicted octanol–water partition coefficient (Wildman–Crippen LogP) is 2.24. The van der Waals surface area contributed by atoms with E-state index >= 15 is 0 Å². The lowest BCUT2D eigenvalue weighted by atomic mass is 10.2. The molecule has 0 radical (unpaired) electrons. The van der Waals surface area contributed by atoms with Gasteiger partial charge in [0.05, 0.1) is 19.3 Å². The Morgan fingerprint density at radius 3 is 2.21 bits per heavy atom. The molecule has 0 rings (SSSR count). The molecule has 0 aromatic heterocycles. The van der Waals surface area contributed by atoms with Crippen molar-refractivity contribution in [2.24, 2.45) is 0 Å². The van der Waals surface area contributed by atoms with Crippen LogP contribution in [0.3, 0.4) is 0 Å². The van der Waals surface area contributed by atoms with Gasteiger partial charge in [-0.1, -0.05) is 0 Å². The molecule has 0 fully saturated rings. The highest BCUT2D eigenvalue weighted by molar-refractivity contribution is 4.41. The fourth-order valence-corrected chi connectivity index (χ4v) is 1.07. The lowest BCUT2D eigenvalue weighted by Crippen LogP contribution is -2.10. The first-order valence-corrected chi connectivity index (χ1v) is 5.45. The van der Waals surface area contributed by atoms with Crippen LogP contribution in [-0.2, 0) is 14.2 Å². The van der Waals surface area contributed by atoms with Crippen molar-refractivity contribution in [2.45, 2.75) is 39.2 Å². The maximum absolute atomic E-state index is 5.40. The zero-order valence-corrected chi connectivity index (χ0v) is 9.75. The Bertz CT molecular complexity index is 105. The highest BCUT2D eigenvalue weighted by atomic mass is 16.5. The summed E-state index contributed by atoms with van der Waals surface area (Å²) in [5.41, 5.74) is 0. The fourth-order valence-electron chi connectivity index (χ4n) is 1.07. The van der Waals surface area contributed by atoms with Gasteiger partial charge >= 0.3 is 0 Å². The lowest BCUT2D eigenvalue weighted by molar-refractivity contribution is 0.0184. The Hall–Kier alpha value is -0.120. The smallest absolute Gasteiger partial charge is 0.0703 e. The molecule has 0 heterocycles. The van der Waals surface area contributed by atoms with Crippen molar-refractivity contribution in [3.8, 4) is 0 Å². The van der Waals surface area contributed by atoms with Crippen LogP contribution in [-0.4, -0.2) is 39.6 Å². The van der Waals surface area contributed by atoms with Gasteiger partial charge in [-0.3, -0.25) is 0 Å². The van der Waals surface area contributed by atoms with Crippen LogP contribution in [0.5, 0.6) is 0 Å². The summed E-state index contributed by atoms with van der Waals surface area (Å²) in [6.07, 6.45) is 3.73. The molecule has 0 bridgehead atoms. The molecule has 0 spiro atoms. The van der Waals surface area contributed by atoms with Gasteiger partial charge in [0.1, 0.15) is 0 Å². The third-order valence-electron chi connectivity index (χ3n) is 1.82. The van der Waals surface area contributed by atoms with Gasteiger partial charge in [0, 0.05) is 20.3 Å². The third kappa shape index (κ3) is 11.9. The van der Waals surface area contributed by atoms with Gasteiger partial charge in [-0.25, -0.2) is 0 Å². The molecule has 3 nitrogen and oxygen atoms in total. The van der Waals surface area contributed by atoms with Crippen LogP contribution >= 0.6 is 0 Å². The van der Waals surface area contributed by atoms with Gasteiger partial charge in [-0.15, -0.1) is 0 Å². The molecule has 0 aliphatic heterocycles. The van der Waals surface area contributed by atoms with E-state index in [1.54, 1.807) is 7.11 Å². The first kappa shape index (κ1) is 13.9. The minimum absolute atomic E-state index is 0.306. The molecule has 0 atom stereocenters. The van der Waals surface area contributed by atoms with Crippen LogP contribution in [0, 0.1) is 0 Å². The molecule has 14 heavy (non-hydrogen) atoms. The van der Waals surface area contributed by atoms with E-state index in [2.05, 4.69) is 0 Å². The van der Waals surface area contributed by atoms with E-state index in [9.17, 15) is 0 Å². The van der Waals surface area contributed by atoms with E-state index in [-0.39, 0.29) is 0 Å². The summed E-state index contributed by atoms with van der Waals surface area (Å²) in [7, 11) is 1.74. The van der Waals surface area contributed by atoms with E-state index in [4.69, 9.17) is 14.2 Å². The summed E-state index contributed by atoms with van der Waals surface area (Å²) in [4.78, 5) is 0. The van der Waals surface area contributed by atoms with Crippen molar-refractivity contribution in [3.05, 3.63) is 0 Å². The molecule has 0 saturated heterocycles. The van der Waals surface area contributed by atoms with Crippen LogP contribution in [0.15, 0.2) is 0 Å². The van der Waals surface area contributed by atoms with Gasteiger partial charge in [-0.05, 0) is 33.1 Å². The number of unbranched alkanes of at least 4 members (excludes halogenated alkanes) is 2. The Morgan fingerprint density at radius 1 is 0.857 bits per heavy atom. The van der Waals surface area contributed by atoms with Gasteiger partial charge < -0.3 is 14.2 Å². The summed E-state index contributed by atoms with van der Waals surface area (Å²) in [6.45, 7) is 7.18. The predicted molar refractivity (Wildman–Crippen MR) is 57.6 cm³/mol. The lowest BCUT2D eigenvalue weighted by Gasteiger charge is -2.07. The molecule has 0 saturated carbocycles. The van der Waals surface area contributed by atoms with Crippen molar-refractivity contribution >= 4 is 0 Å². The number of ether oxygens (including phenoxy) is 3. The van der Waals surface area contributed by atoms with Crippen molar-refractivity contribution in [1.29, 1.82) is 0 Å². The average Bonchev–Trinajstić information content (AvgIpc) is 2.15. The summed E-state index contributed by atoms with van der Waals surface area (Å²) in [5.74, 6) is 0. The van der Waals surface area contributed by atoms with E-state index in [0.717, 1.165) is 26.1 Å². The second kappa shape index (κ2) is 11.0. The van der Waals surface area contributed by atoms with Gasteiger partial charge in [-0.2, -0.15) is 0 Å². The molecule has 86 valence electrons. The van der Waals surface area contributed by atoms with Gasteiger partial charge in [0.15, 0.2) is 0 Å². The average molecular weight is 204 g/mol. The summed E-state index contributed by atoms with van der Waals surface area (Å²) in [6, 6.07) is 0. The van der Waals surface area contributed by atoms with E-state index in [0.29, 0.717) is 19.3 Å². The van der Waals surface area contributed by atoms with Crippen LogP contribution in [0.2, 0.25) is 0 Å². The Kier molecular flexibility index (Phi) is 10.9. The van der Waals surface area contributed by atoms with Crippen molar-refractivity contribution < 1.29 is 14.2 Å². The molecule has 0 aromatic rings. The van der Waals surface area contributed by atoms with Crippen molar-refractivity contribution in [1.82, 2.24) is 0 Å². The SMILES string of the molecule is COCCCCCOCCOC(C)C. The Labute approximate surface area is 87.7 Å². The first-order valence-electron chi connectivity index (χ1n) is 5.45. The third-order valence-corrected chi connectivity index (χ3v) is 1.82. The maximum atomic E-state index is 5.40. The molecule has 0 unspecified atom stereocenters. The molecule has 0 aliphatic carbocycles. The summed E-state index contributed by atoms with van der Waals surface area (Å²) < 4.78 is 15.7. The largest absolute Gasteiger partial charge is 0.385 e. The van der Waals surface area contributed by atoms with E-state index in [1.165, 1.54) is 6.42 Å². The molecule has 0 amide bonds. The first-order chi connectivity index (χ1) is 6.77. The minimum atomic E-state index is 0.306. The summed E-state index contributed by atoms with van der Waals surface area (Å²) >= 11 is 0. The van der Waals surface area contributed by atoms with E-state index in [1.807, 2.05) is 13.8 Å². The number of hydrogen-bond donors (Lipinski definition) is 0. The van der Waals surface area contributed by atoms with Crippen molar-refractivity contribution in [3.63, 3.8) is 0 Å². The molecular formula is C11H24O3. The standard InChI is InChI=1S/C11H24O3/c1-11(2)14-10-9-13-8-6-4-5-7-12-3/h11H,4-10H2,1-3H3. The van der Waals surface area contributed by atoms with Gasteiger partial charge in [0.2, 0.25) is 0 Å². The van der Waals surface area contributed by atoms with Gasteiger partial charge in [0.25, 0.3) is 0 Å². The van der Waals surface area contributed by atoms with Crippen LogP contribution < -0.4 is 0 Å². The topological polar surface area (TPSA) is 27.7 Å². The highest BCUT2D eigenvalue weighted by Gasteiger charge is 1.93. The second-order valence-corrected chi connectivity index (χ2v) is 3.59. The molecule has 0 aliphatic rings. The summed E-state index contributed by atoms with van der Waals surface area (Å²) in [5, 5.41) is 0. The monoisotopic (exact) mass is 204 g/mol. The minimum Gasteiger partial charge on any atom is -0.385 e. The number of rotatable bonds is 10. The molecule has 0 aromatic carbocycles. The zero-order chi connectivity index (χ0) is 10.6. The molecular weight excluding hydrogens is 180 g/mol. The number of methoxy groups -OCH3 is 1. The number of hydrogen-bond acceptors (Lipinski definition) is 3. The van der Waals surface area contributed by atoms with Crippen LogP contribution in [0.4, 0.5) is 0 Å². The molecule has 0 N–H and O–H groups in total. The molecule has 3 heteroatoms. The van der Waals surface area contributed by atoms with Crippen LogP contribution in [0.25, 0.3) is 0 Å². The van der Waals surface area contributed by atoms with Crippen molar-refractivity contribution in [2.75, 3.05) is 33.5 Å². The maximum Gasteiger partial charge on any atom is 0.0703 e. The fraction of sp³-hybridized carbons (Fsp3) is 1.00. The normalized spacial score (nSPS) is 11.1. The van der Waals surface area contributed by atoms with Crippen LogP contribution in [0.1, 0.15) is 33.1 Å². The zero-order valence-electron chi connectivity index (χ0n) is 9.75. The Morgan fingerprint density at radius 2 is 1.57 bits per heavy atom. The quantitative estimate of drug-likeness (QED) is 0.511. The highest BCUT2D eigenvalue weighted by Crippen LogP contribution is 1.96. The second-order valence-electron chi connectivity index (χ2n) is 3.59.